The van der Waals surface area contributed by atoms with E-state index in [0.29, 0.717) is 6.54 Å². The van der Waals surface area contributed by atoms with Crippen LogP contribution in [-0.4, -0.2) is 62.6 Å². The molecular weight excluding hydrogens is 274 g/mol. The molecule has 2 N–H and O–H groups in total. The van der Waals surface area contributed by atoms with E-state index in [9.17, 15) is 9.59 Å². The number of carboxylic acids is 1. The van der Waals surface area contributed by atoms with Gasteiger partial charge in [-0.25, -0.2) is 9.48 Å². The Kier molecular flexibility index (Phi) is 5.26. The molecule has 116 valence electrons. The van der Waals surface area contributed by atoms with Gasteiger partial charge >= 0.3 is 5.97 Å². The number of nitrogens with one attached hydrogen (secondary N) is 1. The Morgan fingerprint density at radius 2 is 2.19 bits per heavy atom. The summed E-state index contributed by atoms with van der Waals surface area (Å²) in [5, 5.41) is 19.3. The van der Waals surface area contributed by atoms with Crippen LogP contribution in [-0.2, 0) is 11.3 Å². The van der Waals surface area contributed by atoms with Crippen LogP contribution in [0.5, 0.6) is 0 Å². The Bertz CT molecular complexity index is 496. The summed E-state index contributed by atoms with van der Waals surface area (Å²) in [6.45, 7) is 4.63. The second-order valence-corrected chi connectivity index (χ2v) is 5.17. The number of aromatic carboxylic acids is 1. The van der Waals surface area contributed by atoms with Gasteiger partial charge in [0.25, 0.3) is 0 Å². The van der Waals surface area contributed by atoms with Gasteiger partial charge in [-0.05, 0) is 32.4 Å². The van der Waals surface area contributed by atoms with Crippen molar-refractivity contribution in [2.75, 3.05) is 19.6 Å². The number of piperidine rings is 1. The fourth-order valence-corrected chi connectivity index (χ4v) is 2.57. The van der Waals surface area contributed by atoms with Gasteiger partial charge in [0.05, 0.1) is 6.20 Å². The van der Waals surface area contributed by atoms with Crippen molar-refractivity contribution in [1.82, 2.24) is 25.2 Å². The molecule has 0 aliphatic carbocycles. The second-order valence-electron chi connectivity index (χ2n) is 5.17. The zero-order valence-electron chi connectivity index (χ0n) is 12.2. The first kappa shape index (κ1) is 15.4. The van der Waals surface area contributed by atoms with Crippen LogP contribution in [0.15, 0.2) is 6.20 Å². The lowest BCUT2D eigenvalue weighted by Gasteiger charge is -2.34. The number of amides is 1. The Morgan fingerprint density at radius 1 is 1.48 bits per heavy atom. The van der Waals surface area contributed by atoms with Gasteiger partial charge < -0.3 is 15.3 Å². The number of carboxylic acid groups (broad SMARTS) is 1. The van der Waals surface area contributed by atoms with E-state index in [2.05, 4.69) is 15.6 Å². The zero-order valence-corrected chi connectivity index (χ0v) is 12.2. The van der Waals surface area contributed by atoms with E-state index in [1.54, 1.807) is 0 Å². The van der Waals surface area contributed by atoms with Gasteiger partial charge in [0.2, 0.25) is 5.91 Å². The smallest absolute Gasteiger partial charge is 0.358 e. The molecule has 0 atom stereocenters. The Labute approximate surface area is 123 Å². The minimum atomic E-state index is -1.14. The van der Waals surface area contributed by atoms with E-state index in [1.807, 2.05) is 11.8 Å². The number of rotatable bonds is 6. The van der Waals surface area contributed by atoms with Gasteiger partial charge in [-0.1, -0.05) is 12.1 Å². The number of aromatic nitrogens is 3. The van der Waals surface area contributed by atoms with Crippen molar-refractivity contribution in [1.29, 1.82) is 0 Å². The Balaban J connectivity index is 2.01. The van der Waals surface area contributed by atoms with Crippen LogP contribution >= 0.6 is 0 Å². The zero-order chi connectivity index (χ0) is 15.2. The lowest BCUT2D eigenvalue weighted by molar-refractivity contribution is -0.135. The molecular formula is C13H21N5O3. The van der Waals surface area contributed by atoms with Crippen molar-refractivity contribution in [3.05, 3.63) is 11.9 Å². The molecule has 0 radical (unpaired) electrons. The van der Waals surface area contributed by atoms with Gasteiger partial charge in [0, 0.05) is 12.6 Å². The van der Waals surface area contributed by atoms with Crippen LogP contribution in [0.3, 0.4) is 0 Å². The summed E-state index contributed by atoms with van der Waals surface area (Å²) in [5.41, 5.74) is -0.147. The molecule has 0 unspecified atom stereocenters. The van der Waals surface area contributed by atoms with E-state index >= 15 is 0 Å². The van der Waals surface area contributed by atoms with E-state index in [1.165, 1.54) is 10.9 Å². The van der Waals surface area contributed by atoms with Crippen molar-refractivity contribution in [3.8, 4) is 0 Å². The van der Waals surface area contributed by atoms with Crippen molar-refractivity contribution < 1.29 is 14.7 Å². The quantitative estimate of drug-likeness (QED) is 0.764. The lowest BCUT2D eigenvalue weighted by atomic mass is 10.0. The van der Waals surface area contributed by atoms with E-state index in [-0.39, 0.29) is 24.2 Å². The predicted molar refractivity (Wildman–Crippen MR) is 74.9 cm³/mol. The molecule has 1 aliphatic rings. The summed E-state index contributed by atoms with van der Waals surface area (Å²) in [6, 6.07) is 0.251. The maximum atomic E-state index is 12.5. The molecule has 1 amide bonds. The van der Waals surface area contributed by atoms with Crippen molar-refractivity contribution in [3.63, 3.8) is 0 Å². The number of carbonyl (C=O) groups is 2. The maximum Gasteiger partial charge on any atom is 0.358 e. The van der Waals surface area contributed by atoms with Crippen LogP contribution in [0.2, 0.25) is 0 Å². The highest BCUT2D eigenvalue weighted by Crippen LogP contribution is 2.13. The molecule has 0 aromatic carbocycles. The number of hydrogen-bond donors (Lipinski definition) is 2. The topological polar surface area (TPSA) is 100 Å². The van der Waals surface area contributed by atoms with Gasteiger partial charge in [-0.2, -0.15) is 0 Å². The summed E-state index contributed by atoms with van der Waals surface area (Å²) in [4.78, 5) is 25.1. The van der Waals surface area contributed by atoms with Crippen LogP contribution < -0.4 is 5.32 Å². The minimum Gasteiger partial charge on any atom is -0.476 e. The summed E-state index contributed by atoms with van der Waals surface area (Å²) < 4.78 is 1.29. The third-order valence-electron chi connectivity index (χ3n) is 3.59. The third kappa shape index (κ3) is 4.01. The minimum absolute atomic E-state index is 0.0320. The molecule has 8 heteroatoms. The van der Waals surface area contributed by atoms with Crippen LogP contribution in [0.25, 0.3) is 0 Å². The lowest BCUT2D eigenvalue weighted by Crippen LogP contribution is -2.47. The first-order valence-electron chi connectivity index (χ1n) is 7.25. The molecule has 0 bridgehead atoms. The normalized spacial score (nSPS) is 15.9. The standard InChI is InChI=1S/C13H21N5O3/c1-2-7-18(10-3-5-14-6-4-10)12(19)9-17-8-11(13(20)21)15-16-17/h8,10,14H,2-7,9H2,1H3,(H,20,21). The highest BCUT2D eigenvalue weighted by atomic mass is 16.4. The fraction of sp³-hybridized carbons (Fsp3) is 0.692. The van der Waals surface area contributed by atoms with E-state index in [4.69, 9.17) is 5.11 Å². The average molecular weight is 295 g/mol. The molecule has 21 heavy (non-hydrogen) atoms. The van der Waals surface area contributed by atoms with Crippen molar-refractivity contribution >= 4 is 11.9 Å². The monoisotopic (exact) mass is 295 g/mol. The second kappa shape index (κ2) is 7.16. The molecule has 0 saturated carbocycles. The highest BCUT2D eigenvalue weighted by Gasteiger charge is 2.25. The number of carbonyl (C=O) groups excluding carboxylic acids is 1. The molecule has 1 fully saturated rings. The number of nitrogens with zero attached hydrogens (tertiary/aromatic N) is 4. The largest absolute Gasteiger partial charge is 0.476 e. The Hall–Kier alpha value is -1.96. The van der Waals surface area contributed by atoms with Crippen LogP contribution in [0.4, 0.5) is 0 Å². The maximum absolute atomic E-state index is 12.5. The van der Waals surface area contributed by atoms with E-state index in [0.717, 1.165) is 32.4 Å². The van der Waals surface area contributed by atoms with Gasteiger partial charge in [0.15, 0.2) is 5.69 Å². The summed E-state index contributed by atoms with van der Waals surface area (Å²) >= 11 is 0. The highest BCUT2D eigenvalue weighted by molar-refractivity contribution is 5.84. The summed E-state index contributed by atoms with van der Waals surface area (Å²) in [5.74, 6) is -1.18. The molecule has 0 spiro atoms. The average Bonchev–Trinajstić information content (AvgIpc) is 2.94. The molecule has 2 rings (SSSR count). The van der Waals surface area contributed by atoms with Crippen molar-refractivity contribution in [2.24, 2.45) is 0 Å². The SMILES string of the molecule is CCCN(C(=O)Cn1cc(C(=O)O)nn1)C1CCNCC1. The van der Waals surface area contributed by atoms with Crippen LogP contribution in [0, 0.1) is 0 Å². The summed E-state index contributed by atoms with van der Waals surface area (Å²) in [6.07, 6.45) is 4.08. The van der Waals surface area contributed by atoms with Gasteiger partial charge in [0.1, 0.15) is 6.54 Å². The molecule has 1 saturated heterocycles. The molecule has 1 aromatic rings. The van der Waals surface area contributed by atoms with Crippen LogP contribution in [0.1, 0.15) is 36.7 Å². The Morgan fingerprint density at radius 3 is 2.76 bits per heavy atom. The molecule has 1 aromatic heterocycles. The summed E-state index contributed by atoms with van der Waals surface area (Å²) in [7, 11) is 0. The third-order valence-corrected chi connectivity index (χ3v) is 3.59. The molecule has 2 heterocycles. The van der Waals surface area contributed by atoms with Crippen molar-refractivity contribution in [2.45, 2.75) is 38.8 Å². The molecule has 8 nitrogen and oxygen atoms in total. The molecule has 1 aliphatic heterocycles. The first-order chi connectivity index (χ1) is 10.1. The van der Waals surface area contributed by atoms with E-state index < -0.39 is 5.97 Å². The predicted octanol–water partition coefficient (Wildman–Crippen LogP) is -0.0331. The fourth-order valence-electron chi connectivity index (χ4n) is 2.57. The van der Waals surface area contributed by atoms with Gasteiger partial charge in [-0.15, -0.1) is 5.10 Å². The van der Waals surface area contributed by atoms with Gasteiger partial charge in [-0.3, -0.25) is 4.79 Å². The first-order valence-corrected chi connectivity index (χ1v) is 7.25. The number of hydrogen-bond acceptors (Lipinski definition) is 5.